The molecular weight excluding hydrogens is 364 g/mol. The van der Waals surface area contributed by atoms with Crippen LogP contribution in [-0.4, -0.2) is 41.4 Å². The monoisotopic (exact) mass is 388 g/mol. The van der Waals surface area contributed by atoms with Crippen LogP contribution in [0.1, 0.15) is 52.7 Å². The van der Waals surface area contributed by atoms with Gasteiger partial charge in [0.25, 0.3) is 5.91 Å². The molecule has 1 atom stereocenters. The largest absolute Gasteiger partial charge is 0.348 e. The van der Waals surface area contributed by atoms with Crippen LogP contribution >= 0.6 is 0 Å². The van der Waals surface area contributed by atoms with Crippen LogP contribution < -0.4 is 5.32 Å². The van der Waals surface area contributed by atoms with Crippen molar-refractivity contribution in [2.75, 3.05) is 12.8 Å². The zero-order chi connectivity index (χ0) is 19.4. The van der Waals surface area contributed by atoms with Gasteiger partial charge in [0.2, 0.25) is 10.0 Å². The molecule has 1 aromatic heterocycles. The molecule has 3 rings (SSSR count). The minimum absolute atomic E-state index is 0.298. The summed E-state index contributed by atoms with van der Waals surface area (Å²) in [6, 6.07) is 9.16. The van der Waals surface area contributed by atoms with Crippen LogP contribution in [0.25, 0.3) is 0 Å². The molecule has 2 heterocycles. The molecule has 0 unspecified atom stereocenters. The molecule has 0 radical (unpaired) electrons. The summed E-state index contributed by atoms with van der Waals surface area (Å²) in [6.07, 6.45) is 5.04. The van der Waals surface area contributed by atoms with Crippen LogP contribution in [0.15, 0.2) is 36.5 Å². The van der Waals surface area contributed by atoms with Crippen molar-refractivity contribution < 1.29 is 13.2 Å². The van der Waals surface area contributed by atoms with Crippen molar-refractivity contribution in [1.82, 2.24) is 19.6 Å². The molecule has 7 nitrogen and oxygen atoms in total. The van der Waals surface area contributed by atoms with Gasteiger partial charge in [0.1, 0.15) is 5.82 Å². The highest BCUT2D eigenvalue weighted by Crippen LogP contribution is 2.33. The molecule has 0 bridgehead atoms. The lowest BCUT2D eigenvalue weighted by molar-refractivity contribution is 0.0946. The number of hydrogen-bond acceptors (Lipinski definition) is 5. The second-order valence-corrected chi connectivity index (χ2v) is 8.70. The van der Waals surface area contributed by atoms with Gasteiger partial charge in [-0.2, -0.15) is 4.31 Å². The highest BCUT2D eigenvalue weighted by atomic mass is 32.2. The fourth-order valence-corrected chi connectivity index (χ4v) is 4.49. The van der Waals surface area contributed by atoms with Gasteiger partial charge in [-0.15, -0.1) is 0 Å². The SMILES string of the molecule is Cc1ncc(C(=O)NCc2ccccc2)c([C@H]2CCCCN2S(C)(=O)=O)n1. The molecule has 1 aliphatic heterocycles. The first-order valence-corrected chi connectivity index (χ1v) is 10.8. The Hall–Kier alpha value is -2.32. The summed E-state index contributed by atoms with van der Waals surface area (Å²) in [6.45, 7) is 2.56. The van der Waals surface area contributed by atoms with Crippen molar-refractivity contribution in [1.29, 1.82) is 0 Å². The molecule has 0 spiro atoms. The predicted molar refractivity (Wildman–Crippen MR) is 103 cm³/mol. The molecule has 1 N–H and O–H groups in total. The van der Waals surface area contributed by atoms with Crippen LogP contribution in [0.4, 0.5) is 0 Å². The predicted octanol–water partition coefficient (Wildman–Crippen LogP) is 2.20. The smallest absolute Gasteiger partial charge is 0.255 e. The first-order chi connectivity index (χ1) is 12.9. The van der Waals surface area contributed by atoms with E-state index in [2.05, 4.69) is 15.3 Å². The molecule has 144 valence electrons. The first-order valence-electron chi connectivity index (χ1n) is 8.99. The Morgan fingerprint density at radius 3 is 2.70 bits per heavy atom. The third-order valence-electron chi connectivity index (χ3n) is 4.67. The minimum atomic E-state index is -3.39. The molecule has 0 saturated carbocycles. The van der Waals surface area contributed by atoms with E-state index in [0.717, 1.165) is 18.4 Å². The standard InChI is InChI=1S/C19H24N4O3S/c1-14-20-13-16(19(24)21-12-15-8-4-3-5-9-15)18(22-14)17-10-6-7-11-23(17)27(2,25)26/h3-5,8-9,13,17H,6-7,10-12H2,1-2H3,(H,21,24)/t17-/m1/s1. The van der Waals surface area contributed by atoms with Crippen LogP contribution in [0.5, 0.6) is 0 Å². The summed E-state index contributed by atoms with van der Waals surface area (Å²) < 4.78 is 25.9. The maximum absolute atomic E-state index is 12.8. The van der Waals surface area contributed by atoms with E-state index >= 15 is 0 Å². The molecule has 1 amide bonds. The average Bonchev–Trinajstić information content (AvgIpc) is 2.66. The van der Waals surface area contributed by atoms with Crippen molar-refractivity contribution in [3.8, 4) is 0 Å². The summed E-state index contributed by atoms with van der Waals surface area (Å²) in [7, 11) is -3.39. The van der Waals surface area contributed by atoms with Crippen molar-refractivity contribution in [2.24, 2.45) is 0 Å². The number of nitrogens with zero attached hydrogens (tertiary/aromatic N) is 3. The maximum atomic E-state index is 12.8. The Morgan fingerprint density at radius 2 is 2.00 bits per heavy atom. The molecule has 1 aromatic carbocycles. The van der Waals surface area contributed by atoms with Crippen LogP contribution in [0.2, 0.25) is 0 Å². The van der Waals surface area contributed by atoms with E-state index < -0.39 is 16.1 Å². The summed E-state index contributed by atoms with van der Waals surface area (Å²) in [4.78, 5) is 21.4. The van der Waals surface area contributed by atoms with Gasteiger partial charge in [-0.1, -0.05) is 36.8 Å². The van der Waals surface area contributed by atoms with Gasteiger partial charge >= 0.3 is 0 Å². The van der Waals surface area contributed by atoms with Gasteiger partial charge in [0.15, 0.2) is 0 Å². The maximum Gasteiger partial charge on any atom is 0.255 e. The Balaban J connectivity index is 1.89. The number of aryl methyl sites for hydroxylation is 1. The lowest BCUT2D eigenvalue weighted by Crippen LogP contribution is -2.39. The van der Waals surface area contributed by atoms with Crippen LogP contribution in [-0.2, 0) is 16.6 Å². The summed E-state index contributed by atoms with van der Waals surface area (Å²) >= 11 is 0. The minimum Gasteiger partial charge on any atom is -0.348 e. The Labute approximate surface area is 159 Å². The summed E-state index contributed by atoms with van der Waals surface area (Å²) in [5, 5.41) is 2.88. The van der Waals surface area contributed by atoms with Crippen LogP contribution in [0.3, 0.4) is 0 Å². The molecule has 0 aliphatic carbocycles. The fourth-order valence-electron chi connectivity index (χ4n) is 3.37. The molecule has 8 heteroatoms. The summed E-state index contributed by atoms with van der Waals surface area (Å²) in [5.41, 5.74) is 1.80. The van der Waals surface area contributed by atoms with Gasteiger partial charge < -0.3 is 5.32 Å². The number of nitrogens with one attached hydrogen (secondary N) is 1. The number of piperidine rings is 1. The second-order valence-electron chi connectivity index (χ2n) is 6.77. The molecule has 27 heavy (non-hydrogen) atoms. The van der Waals surface area contributed by atoms with E-state index in [4.69, 9.17) is 0 Å². The number of carbonyl (C=O) groups is 1. The van der Waals surface area contributed by atoms with Crippen LogP contribution in [0, 0.1) is 6.92 Å². The second kappa shape index (κ2) is 8.14. The number of sulfonamides is 1. The Bertz CT molecular complexity index is 916. The topological polar surface area (TPSA) is 92.3 Å². The normalized spacial score (nSPS) is 18.2. The van der Waals surface area contributed by atoms with E-state index in [1.54, 1.807) is 6.92 Å². The quantitative estimate of drug-likeness (QED) is 0.848. The average molecular weight is 388 g/mol. The first kappa shape index (κ1) is 19.4. The van der Waals surface area contributed by atoms with Gasteiger partial charge in [-0.25, -0.2) is 18.4 Å². The summed E-state index contributed by atoms with van der Waals surface area (Å²) in [5.74, 6) is 0.219. The number of rotatable bonds is 5. The molecule has 1 saturated heterocycles. The number of hydrogen-bond donors (Lipinski definition) is 1. The zero-order valence-corrected chi connectivity index (χ0v) is 16.4. The van der Waals surface area contributed by atoms with E-state index in [1.807, 2.05) is 30.3 Å². The van der Waals surface area contributed by atoms with Crippen molar-refractivity contribution in [2.45, 2.75) is 38.8 Å². The van der Waals surface area contributed by atoms with E-state index in [-0.39, 0.29) is 5.91 Å². The Morgan fingerprint density at radius 1 is 1.26 bits per heavy atom. The van der Waals surface area contributed by atoms with Gasteiger partial charge in [0, 0.05) is 19.3 Å². The lowest BCUT2D eigenvalue weighted by atomic mass is 9.98. The van der Waals surface area contributed by atoms with E-state index in [1.165, 1.54) is 16.8 Å². The number of benzene rings is 1. The van der Waals surface area contributed by atoms with E-state index in [9.17, 15) is 13.2 Å². The van der Waals surface area contributed by atoms with E-state index in [0.29, 0.717) is 36.6 Å². The highest BCUT2D eigenvalue weighted by Gasteiger charge is 2.34. The third kappa shape index (κ3) is 4.70. The number of amides is 1. The fraction of sp³-hybridized carbons (Fsp3) is 0.421. The number of carbonyl (C=O) groups excluding carboxylic acids is 1. The van der Waals surface area contributed by atoms with Crippen molar-refractivity contribution >= 4 is 15.9 Å². The molecule has 1 aliphatic rings. The molecule has 2 aromatic rings. The zero-order valence-electron chi connectivity index (χ0n) is 15.6. The number of aromatic nitrogens is 2. The lowest BCUT2D eigenvalue weighted by Gasteiger charge is -2.34. The third-order valence-corrected chi connectivity index (χ3v) is 5.96. The van der Waals surface area contributed by atoms with Crippen molar-refractivity contribution in [3.63, 3.8) is 0 Å². The van der Waals surface area contributed by atoms with Gasteiger partial charge in [-0.05, 0) is 25.3 Å². The van der Waals surface area contributed by atoms with Gasteiger partial charge in [0.05, 0.1) is 23.6 Å². The molecular formula is C19H24N4O3S. The highest BCUT2D eigenvalue weighted by molar-refractivity contribution is 7.88. The molecule has 1 fully saturated rings. The Kier molecular flexibility index (Phi) is 5.86. The van der Waals surface area contributed by atoms with Crippen molar-refractivity contribution in [3.05, 3.63) is 59.2 Å². The van der Waals surface area contributed by atoms with Gasteiger partial charge in [-0.3, -0.25) is 4.79 Å².